The average molecular weight is 416 g/mol. The number of aromatic amines is 1. The Bertz CT molecular complexity index is 920. The number of nitrogens with zero attached hydrogens (tertiary/aromatic N) is 3. The van der Waals surface area contributed by atoms with E-state index >= 15 is 0 Å². The molecule has 164 valence electrons. The van der Waals surface area contributed by atoms with E-state index < -0.39 is 0 Å². The molecule has 2 aliphatic rings. The summed E-state index contributed by atoms with van der Waals surface area (Å²) in [5, 5.41) is 3.12. The summed E-state index contributed by atoms with van der Waals surface area (Å²) in [6, 6.07) is 8.00. The number of fused-ring (bicyclic) bond motifs is 1. The molecule has 2 aliphatic heterocycles. The predicted molar refractivity (Wildman–Crippen MR) is 117 cm³/mol. The number of carbonyl (C=O) groups excluding carboxylic acids is 1. The lowest BCUT2D eigenvalue weighted by atomic mass is 10.0. The van der Waals surface area contributed by atoms with E-state index in [9.17, 15) is 9.59 Å². The Morgan fingerprint density at radius 3 is 2.60 bits per heavy atom. The standard InChI is InChI=1S/C22H33N5O3/c1-22(2,26-11-13-30-14-12-26)16-23-20(28)15-25-9-7-17(8-10-25)27-19-6-4-3-5-18(19)24-21(27)29/h3-6,17H,7-16H2,1-2H3,(H,23,28)(H,24,29). The van der Waals surface area contributed by atoms with Crippen molar-refractivity contribution in [2.45, 2.75) is 38.3 Å². The molecule has 2 aromatic rings. The van der Waals surface area contributed by atoms with E-state index in [2.05, 4.69) is 33.9 Å². The maximum absolute atomic E-state index is 12.5. The minimum Gasteiger partial charge on any atom is -0.379 e. The molecule has 2 fully saturated rings. The molecule has 0 atom stereocenters. The van der Waals surface area contributed by atoms with Crippen molar-refractivity contribution in [1.29, 1.82) is 0 Å². The molecule has 0 bridgehead atoms. The first-order valence-electron chi connectivity index (χ1n) is 11.0. The van der Waals surface area contributed by atoms with E-state index in [4.69, 9.17) is 4.74 Å². The van der Waals surface area contributed by atoms with Gasteiger partial charge in [0.15, 0.2) is 0 Å². The first kappa shape index (κ1) is 21.1. The number of rotatable bonds is 6. The molecule has 4 rings (SSSR count). The number of amides is 1. The van der Waals surface area contributed by atoms with Crippen molar-refractivity contribution < 1.29 is 9.53 Å². The topological polar surface area (TPSA) is 82.6 Å². The van der Waals surface area contributed by atoms with Crippen LogP contribution in [-0.2, 0) is 9.53 Å². The molecular formula is C22H33N5O3. The van der Waals surface area contributed by atoms with Gasteiger partial charge in [0.2, 0.25) is 5.91 Å². The summed E-state index contributed by atoms with van der Waals surface area (Å²) < 4.78 is 7.31. The van der Waals surface area contributed by atoms with Crippen LogP contribution in [0.2, 0.25) is 0 Å². The van der Waals surface area contributed by atoms with Crippen LogP contribution in [0.15, 0.2) is 29.1 Å². The van der Waals surface area contributed by atoms with Crippen molar-refractivity contribution in [3.05, 3.63) is 34.7 Å². The van der Waals surface area contributed by atoms with E-state index in [-0.39, 0.29) is 23.2 Å². The van der Waals surface area contributed by atoms with Crippen molar-refractivity contribution in [3.8, 4) is 0 Å². The number of likely N-dealkylation sites (tertiary alicyclic amines) is 1. The van der Waals surface area contributed by atoms with Crippen LogP contribution in [0.3, 0.4) is 0 Å². The largest absolute Gasteiger partial charge is 0.379 e. The van der Waals surface area contributed by atoms with E-state index in [0.717, 1.165) is 63.3 Å². The second kappa shape index (κ2) is 8.91. The van der Waals surface area contributed by atoms with Crippen molar-refractivity contribution >= 4 is 16.9 Å². The molecule has 2 saturated heterocycles. The highest BCUT2D eigenvalue weighted by Gasteiger charge is 2.29. The number of ether oxygens (including phenoxy) is 1. The van der Waals surface area contributed by atoms with Crippen LogP contribution >= 0.6 is 0 Å². The van der Waals surface area contributed by atoms with Gasteiger partial charge in [-0.25, -0.2) is 4.79 Å². The van der Waals surface area contributed by atoms with E-state index in [1.807, 2.05) is 28.8 Å². The molecule has 8 nitrogen and oxygen atoms in total. The molecule has 1 aromatic heterocycles. The molecule has 1 aromatic carbocycles. The fraction of sp³-hybridized carbons (Fsp3) is 0.636. The highest BCUT2D eigenvalue weighted by molar-refractivity contribution is 5.78. The summed E-state index contributed by atoms with van der Waals surface area (Å²) in [4.78, 5) is 32.5. The van der Waals surface area contributed by atoms with E-state index in [1.165, 1.54) is 0 Å². The smallest absolute Gasteiger partial charge is 0.326 e. The van der Waals surface area contributed by atoms with Gasteiger partial charge < -0.3 is 15.0 Å². The summed E-state index contributed by atoms with van der Waals surface area (Å²) in [6.45, 7) is 10.3. The van der Waals surface area contributed by atoms with Crippen LogP contribution in [0.25, 0.3) is 11.0 Å². The maximum Gasteiger partial charge on any atom is 0.326 e. The number of hydrogen-bond acceptors (Lipinski definition) is 5. The molecular weight excluding hydrogens is 382 g/mol. The number of carbonyl (C=O) groups is 1. The van der Waals surface area contributed by atoms with Gasteiger partial charge in [-0.3, -0.25) is 19.2 Å². The highest BCUT2D eigenvalue weighted by atomic mass is 16.5. The van der Waals surface area contributed by atoms with Crippen molar-refractivity contribution in [2.24, 2.45) is 0 Å². The number of morpholine rings is 1. The van der Waals surface area contributed by atoms with Crippen molar-refractivity contribution in [3.63, 3.8) is 0 Å². The van der Waals surface area contributed by atoms with Crippen molar-refractivity contribution in [2.75, 3.05) is 52.5 Å². The Morgan fingerprint density at radius 1 is 1.17 bits per heavy atom. The number of imidazole rings is 1. The zero-order valence-corrected chi connectivity index (χ0v) is 18.0. The molecule has 0 unspecified atom stereocenters. The van der Waals surface area contributed by atoms with Crippen LogP contribution < -0.4 is 11.0 Å². The fourth-order valence-electron chi connectivity index (χ4n) is 4.63. The van der Waals surface area contributed by atoms with Crippen LogP contribution in [0.5, 0.6) is 0 Å². The average Bonchev–Trinajstić information content (AvgIpc) is 3.09. The van der Waals surface area contributed by atoms with Gasteiger partial charge in [-0.15, -0.1) is 0 Å². The lowest BCUT2D eigenvalue weighted by Gasteiger charge is -2.41. The van der Waals surface area contributed by atoms with Gasteiger partial charge in [0, 0.05) is 44.3 Å². The molecule has 1 amide bonds. The Kier molecular flexibility index (Phi) is 6.26. The second-order valence-corrected chi connectivity index (χ2v) is 9.01. The summed E-state index contributed by atoms with van der Waals surface area (Å²) >= 11 is 0. The third kappa shape index (κ3) is 4.61. The quantitative estimate of drug-likeness (QED) is 0.741. The predicted octanol–water partition coefficient (Wildman–Crippen LogP) is 1.19. The zero-order valence-electron chi connectivity index (χ0n) is 18.0. The van der Waals surface area contributed by atoms with Gasteiger partial charge in [0.05, 0.1) is 30.8 Å². The lowest BCUT2D eigenvalue weighted by Crippen LogP contribution is -2.56. The Labute approximate surface area is 177 Å². The molecule has 0 spiro atoms. The SMILES string of the molecule is CC(C)(CNC(=O)CN1CCC(n2c(=O)[nH]c3ccccc32)CC1)N1CCOCC1. The lowest BCUT2D eigenvalue weighted by molar-refractivity contribution is -0.123. The summed E-state index contributed by atoms with van der Waals surface area (Å²) in [7, 11) is 0. The van der Waals surface area contributed by atoms with Gasteiger partial charge >= 0.3 is 5.69 Å². The van der Waals surface area contributed by atoms with E-state index in [0.29, 0.717) is 13.1 Å². The normalized spacial score (nSPS) is 19.9. The Balaban J connectivity index is 1.27. The molecule has 8 heteroatoms. The number of para-hydroxylation sites is 2. The summed E-state index contributed by atoms with van der Waals surface area (Å²) in [6.07, 6.45) is 1.74. The number of piperidine rings is 1. The molecule has 3 heterocycles. The van der Waals surface area contributed by atoms with Crippen LogP contribution in [0.1, 0.15) is 32.7 Å². The highest BCUT2D eigenvalue weighted by Crippen LogP contribution is 2.24. The molecule has 30 heavy (non-hydrogen) atoms. The first-order chi connectivity index (χ1) is 14.4. The van der Waals surface area contributed by atoms with Gasteiger partial charge in [-0.05, 0) is 38.8 Å². The zero-order chi connectivity index (χ0) is 21.1. The molecule has 2 N–H and O–H groups in total. The molecule has 0 radical (unpaired) electrons. The summed E-state index contributed by atoms with van der Waals surface area (Å²) in [5.41, 5.74) is 1.72. The third-order valence-electron chi connectivity index (χ3n) is 6.50. The number of benzene rings is 1. The number of hydrogen-bond donors (Lipinski definition) is 2. The Hall–Kier alpha value is -2.16. The van der Waals surface area contributed by atoms with E-state index in [1.54, 1.807) is 0 Å². The Morgan fingerprint density at radius 2 is 1.87 bits per heavy atom. The van der Waals surface area contributed by atoms with Crippen molar-refractivity contribution in [1.82, 2.24) is 24.7 Å². The van der Waals surface area contributed by atoms with Crippen LogP contribution in [0, 0.1) is 0 Å². The minimum absolute atomic E-state index is 0.0438. The third-order valence-corrected chi connectivity index (χ3v) is 6.50. The van der Waals surface area contributed by atoms with Gasteiger partial charge in [-0.1, -0.05) is 12.1 Å². The maximum atomic E-state index is 12.5. The number of H-pyrrole nitrogens is 1. The van der Waals surface area contributed by atoms with Crippen LogP contribution in [-0.4, -0.2) is 83.3 Å². The van der Waals surface area contributed by atoms with Gasteiger partial charge in [0.25, 0.3) is 0 Å². The molecule has 0 saturated carbocycles. The molecule has 0 aliphatic carbocycles. The van der Waals surface area contributed by atoms with Gasteiger partial charge in [0.1, 0.15) is 0 Å². The first-order valence-corrected chi connectivity index (χ1v) is 11.0. The second-order valence-electron chi connectivity index (χ2n) is 9.01. The monoisotopic (exact) mass is 415 g/mol. The van der Waals surface area contributed by atoms with Gasteiger partial charge in [-0.2, -0.15) is 0 Å². The summed E-state index contributed by atoms with van der Waals surface area (Å²) in [5.74, 6) is 0.0686. The number of nitrogens with one attached hydrogen (secondary N) is 2. The fourth-order valence-corrected chi connectivity index (χ4v) is 4.63. The van der Waals surface area contributed by atoms with Crippen LogP contribution in [0.4, 0.5) is 0 Å². The minimum atomic E-state index is -0.0804. The number of aromatic nitrogens is 2.